The molecule has 0 spiro atoms. The lowest BCUT2D eigenvalue weighted by Crippen LogP contribution is -2.13. The molecule has 120 valence electrons. The number of nitrogens with zero attached hydrogens (tertiary/aromatic N) is 3. The third-order valence-electron chi connectivity index (χ3n) is 3.38. The number of nitrogens with one attached hydrogen (secondary N) is 1. The number of phenolic OH excluding ortho intramolecular Hbond substituents is 1. The van der Waals surface area contributed by atoms with Gasteiger partial charge in [-0.2, -0.15) is 5.10 Å². The van der Waals surface area contributed by atoms with Crippen molar-refractivity contribution in [1.82, 2.24) is 15.2 Å². The second-order valence-electron chi connectivity index (χ2n) is 5.16. The van der Waals surface area contributed by atoms with Crippen molar-refractivity contribution in [2.45, 2.75) is 6.42 Å². The first-order chi connectivity index (χ1) is 11.6. The summed E-state index contributed by atoms with van der Waals surface area (Å²) in [6.45, 7) is 0. The van der Waals surface area contributed by atoms with Gasteiger partial charge in [-0.15, -0.1) is 0 Å². The first kappa shape index (κ1) is 15.4. The summed E-state index contributed by atoms with van der Waals surface area (Å²) < 4.78 is 0. The van der Waals surface area contributed by atoms with Crippen molar-refractivity contribution in [3.8, 4) is 5.75 Å². The Morgan fingerprint density at radius 2 is 2.21 bits per heavy atom. The fourth-order valence-corrected chi connectivity index (χ4v) is 2.30. The minimum absolute atomic E-state index is 0.133. The second kappa shape index (κ2) is 6.74. The Bertz CT molecular complexity index is 887. The lowest BCUT2D eigenvalue weighted by Gasteiger charge is -2.00. The van der Waals surface area contributed by atoms with Gasteiger partial charge in [-0.25, -0.2) is 4.99 Å². The number of carbonyl (C=O) groups excluding carboxylic acids is 1. The van der Waals surface area contributed by atoms with Crippen LogP contribution in [0.25, 0.3) is 0 Å². The molecule has 0 saturated carbocycles. The quantitative estimate of drug-likeness (QED) is 0.622. The smallest absolute Gasteiger partial charge is 0.254 e. The molecule has 2 heterocycles. The van der Waals surface area contributed by atoms with Gasteiger partial charge in [0.05, 0.1) is 5.69 Å². The number of hydrogen-bond acceptors (Lipinski definition) is 5. The van der Waals surface area contributed by atoms with E-state index in [4.69, 9.17) is 5.73 Å². The van der Waals surface area contributed by atoms with E-state index in [2.05, 4.69) is 20.2 Å². The molecule has 2 aromatic heterocycles. The standard InChI is InChI=1S/C17H15N5O2/c18-16(24)15-14(8-12-4-2-6-19-9-12)21-22-17(15)20-10-11-3-1-5-13(23)7-11/h1-7,9-10,23H,8H2,(H2,18,24)(H,21,22). The number of aromatic nitrogens is 3. The van der Waals surface area contributed by atoms with E-state index < -0.39 is 5.91 Å². The number of aliphatic imine (C=N–C) groups is 1. The Balaban J connectivity index is 1.90. The Hall–Kier alpha value is -3.48. The molecule has 7 heteroatoms. The van der Waals surface area contributed by atoms with Crippen LogP contribution < -0.4 is 5.73 Å². The molecule has 0 aliphatic heterocycles. The second-order valence-corrected chi connectivity index (χ2v) is 5.16. The number of benzene rings is 1. The number of nitrogens with two attached hydrogens (primary N) is 1. The minimum Gasteiger partial charge on any atom is -0.508 e. The molecule has 0 bridgehead atoms. The third-order valence-corrected chi connectivity index (χ3v) is 3.38. The minimum atomic E-state index is -0.606. The van der Waals surface area contributed by atoms with Gasteiger partial charge in [0.25, 0.3) is 5.91 Å². The summed E-state index contributed by atoms with van der Waals surface area (Å²) in [7, 11) is 0. The maximum absolute atomic E-state index is 11.8. The number of H-pyrrole nitrogens is 1. The highest BCUT2D eigenvalue weighted by Crippen LogP contribution is 2.21. The van der Waals surface area contributed by atoms with Crippen LogP contribution in [0.3, 0.4) is 0 Å². The molecule has 0 atom stereocenters. The fourth-order valence-electron chi connectivity index (χ4n) is 2.30. The zero-order valence-electron chi connectivity index (χ0n) is 12.7. The van der Waals surface area contributed by atoms with E-state index in [-0.39, 0.29) is 17.1 Å². The molecule has 4 N–H and O–H groups in total. The maximum Gasteiger partial charge on any atom is 0.254 e. The van der Waals surface area contributed by atoms with Crippen LogP contribution in [0.15, 0.2) is 53.8 Å². The van der Waals surface area contributed by atoms with Crippen molar-refractivity contribution in [2.75, 3.05) is 0 Å². The molecule has 0 fully saturated rings. The Morgan fingerprint density at radius 1 is 1.33 bits per heavy atom. The highest BCUT2D eigenvalue weighted by atomic mass is 16.3. The number of pyridine rings is 1. The molecular formula is C17H15N5O2. The number of hydrogen-bond donors (Lipinski definition) is 3. The number of carbonyl (C=O) groups is 1. The van der Waals surface area contributed by atoms with Gasteiger partial charge in [-0.05, 0) is 29.3 Å². The van der Waals surface area contributed by atoms with Crippen LogP contribution in [0.4, 0.5) is 5.82 Å². The van der Waals surface area contributed by atoms with Gasteiger partial charge in [-0.3, -0.25) is 14.9 Å². The number of rotatable bonds is 5. The first-order valence-electron chi connectivity index (χ1n) is 7.22. The Labute approximate surface area is 137 Å². The predicted molar refractivity (Wildman–Crippen MR) is 89.5 cm³/mol. The summed E-state index contributed by atoms with van der Waals surface area (Å²) in [5, 5.41) is 16.3. The summed E-state index contributed by atoms with van der Waals surface area (Å²) in [6, 6.07) is 10.3. The van der Waals surface area contributed by atoms with Gasteiger partial charge < -0.3 is 10.8 Å². The molecule has 7 nitrogen and oxygen atoms in total. The summed E-state index contributed by atoms with van der Waals surface area (Å²) in [6.07, 6.45) is 5.34. The summed E-state index contributed by atoms with van der Waals surface area (Å²) in [5.74, 6) is -0.260. The van der Waals surface area contributed by atoms with Gasteiger partial charge >= 0.3 is 0 Å². The van der Waals surface area contributed by atoms with Crippen molar-refractivity contribution in [1.29, 1.82) is 0 Å². The van der Waals surface area contributed by atoms with E-state index in [1.165, 1.54) is 6.21 Å². The lowest BCUT2D eigenvalue weighted by atomic mass is 10.1. The monoisotopic (exact) mass is 321 g/mol. The molecule has 0 aliphatic rings. The molecule has 3 rings (SSSR count). The van der Waals surface area contributed by atoms with Crippen LogP contribution in [0.5, 0.6) is 5.75 Å². The average molecular weight is 321 g/mol. The molecule has 0 saturated heterocycles. The molecule has 1 amide bonds. The van der Waals surface area contributed by atoms with E-state index in [0.29, 0.717) is 17.7 Å². The Kier molecular flexibility index (Phi) is 4.33. The molecule has 1 aromatic carbocycles. The largest absolute Gasteiger partial charge is 0.508 e. The number of primary amides is 1. The maximum atomic E-state index is 11.8. The molecule has 0 aliphatic carbocycles. The van der Waals surface area contributed by atoms with Gasteiger partial charge in [0.15, 0.2) is 5.82 Å². The average Bonchev–Trinajstić information content (AvgIpc) is 2.97. The van der Waals surface area contributed by atoms with E-state index in [1.54, 1.807) is 36.7 Å². The molecule has 3 aromatic rings. The normalized spacial score (nSPS) is 11.0. The molecule has 24 heavy (non-hydrogen) atoms. The number of phenols is 1. The fraction of sp³-hybridized carbons (Fsp3) is 0.0588. The summed E-state index contributed by atoms with van der Waals surface area (Å²) in [4.78, 5) is 20.0. The molecule has 0 unspecified atom stereocenters. The molecular weight excluding hydrogens is 306 g/mol. The van der Waals surface area contributed by atoms with Crippen LogP contribution in [0, 0.1) is 0 Å². The van der Waals surface area contributed by atoms with Gasteiger partial charge in [0.2, 0.25) is 0 Å². The van der Waals surface area contributed by atoms with Crippen molar-refractivity contribution in [2.24, 2.45) is 10.7 Å². The molecule has 0 radical (unpaired) electrons. The lowest BCUT2D eigenvalue weighted by molar-refractivity contribution is 0.100. The van der Waals surface area contributed by atoms with Crippen molar-refractivity contribution in [3.05, 3.63) is 71.2 Å². The summed E-state index contributed by atoms with van der Waals surface area (Å²) in [5.41, 5.74) is 7.91. The highest BCUT2D eigenvalue weighted by Gasteiger charge is 2.17. The van der Waals surface area contributed by atoms with E-state index >= 15 is 0 Å². The van der Waals surface area contributed by atoms with Crippen molar-refractivity contribution >= 4 is 17.9 Å². The zero-order valence-corrected chi connectivity index (χ0v) is 12.7. The zero-order chi connectivity index (χ0) is 16.9. The summed E-state index contributed by atoms with van der Waals surface area (Å²) >= 11 is 0. The van der Waals surface area contributed by atoms with Crippen LogP contribution in [0.1, 0.15) is 27.2 Å². The van der Waals surface area contributed by atoms with Gasteiger partial charge in [-0.1, -0.05) is 18.2 Å². The topological polar surface area (TPSA) is 117 Å². The van der Waals surface area contributed by atoms with Crippen LogP contribution in [-0.4, -0.2) is 32.4 Å². The number of aromatic amines is 1. The van der Waals surface area contributed by atoms with Crippen LogP contribution in [0.2, 0.25) is 0 Å². The first-order valence-corrected chi connectivity index (χ1v) is 7.22. The van der Waals surface area contributed by atoms with E-state index in [9.17, 15) is 9.90 Å². The van der Waals surface area contributed by atoms with Gasteiger partial charge in [0.1, 0.15) is 11.3 Å². The number of aromatic hydroxyl groups is 1. The van der Waals surface area contributed by atoms with E-state index in [0.717, 1.165) is 5.56 Å². The third kappa shape index (κ3) is 3.46. The predicted octanol–water partition coefficient (Wildman–Crippen LogP) is 1.95. The highest BCUT2D eigenvalue weighted by molar-refractivity contribution is 5.99. The van der Waals surface area contributed by atoms with Crippen molar-refractivity contribution < 1.29 is 9.90 Å². The van der Waals surface area contributed by atoms with E-state index in [1.807, 2.05) is 12.1 Å². The van der Waals surface area contributed by atoms with Gasteiger partial charge in [0, 0.05) is 25.0 Å². The number of amides is 1. The SMILES string of the molecule is NC(=O)c1c(N=Cc2cccc(O)c2)n[nH]c1Cc1cccnc1. The van der Waals surface area contributed by atoms with Crippen molar-refractivity contribution in [3.63, 3.8) is 0 Å². The van der Waals surface area contributed by atoms with Crippen LogP contribution >= 0.6 is 0 Å². The van der Waals surface area contributed by atoms with Crippen LogP contribution in [-0.2, 0) is 6.42 Å². The Morgan fingerprint density at radius 3 is 2.92 bits per heavy atom.